The number of nitrogens with zero attached hydrogens (tertiary/aromatic N) is 3. The molecular formula is C10H10BrClN4. The zero-order valence-corrected chi connectivity index (χ0v) is 11.0. The molecule has 0 saturated heterocycles. The number of nitrogens with one attached hydrogen (secondary N) is 1. The minimum Gasteiger partial charge on any atom is -0.314 e. The Hall–Kier alpha value is -0.910. The Balaban J connectivity index is 2.39. The SMILES string of the molecule is CNCc1cn(-c2cccc(Cl)c2Br)nn1. The molecule has 0 spiro atoms. The van der Waals surface area contributed by atoms with Crippen LogP contribution in [0.15, 0.2) is 28.9 Å². The Kier molecular flexibility index (Phi) is 3.58. The highest BCUT2D eigenvalue weighted by atomic mass is 79.9. The normalized spacial score (nSPS) is 10.7. The average Bonchev–Trinajstić information content (AvgIpc) is 2.71. The summed E-state index contributed by atoms with van der Waals surface area (Å²) in [6.45, 7) is 0.693. The van der Waals surface area contributed by atoms with Gasteiger partial charge in [0.15, 0.2) is 0 Å². The van der Waals surface area contributed by atoms with Crippen molar-refractivity contribution in [1.82, 2.24) is 20.3 Å². The van der Waals surface area contributed by atoms with Gasteiger partial charge in [-0.15, -0.1) is 5.10 Å². The molecule has 0 aliphatic rings. The van der Waals surface area contributed by atoms with E-state index >= 15 is 0 Å². The van der Waals surface area contributed by atoms with Gasteiger partial charge in [0.25, 0.3) is 0 Å². The van der Waals surface area contributed by atoms with Crippen molar-refractivity contribution in [3.63, 3.8) is 0 Å². The molecule has 0 fully saturated rings. The third-order valence-electron chi connectivity index (χ3n) is 2.08. The second-order valence-electron chi connectivity index (χ2n) is 3.26. The Bertz CT molecular complexity index is 497. The molecule has 2 rings (SSSR count). The van der Waals surface area contributed by atoms with Crippen LogP contribution in [0.5, 0.6) is 0 Å². The lowest BCUT2D eigenvalue weighted by Crippen LogP contribution is -2.05. The lowest BCUT2D eigenvalue weighted by atomic mass is 10.3. The van der Waals surface area contributed by atoms with Crippen LogP contribution < -0.4 is 5.32 Å². The monoisotopic (exact) mass is 300 g/mol. The van der Waals surface area contributed by atoms with Crippen LogP contribution >= 0.6 is 27.5 Å². The zero-order chi connectivity index (χ0) is 11.5. The van der Waals surface area contributed by atoms with Crippen molar-refractivity contribution in [1.29, 1.82) is 0 Å². The van der Waals surface area contributed by atoms with Crippen LogP contribution in [0.25, 0.3) is 5.69 Å². The molecule has 6 heteroatoms. The van der Waals surface area contributed by atoms with E-state index in [2.05, 4.69) is 31.6 Å². The number of hydrogen-bond acceptors (Lipinski definition) is 3. The second kappa shape index (κ2) is 4.95. The van der Waals surface area contributed by atoms with Crippen LogP contribution in [0.3, 0.4) is 0 Å². The minimum absolute atomic E-state index is 0.656. The van der Waals surface area contributed by atoms with Crippen molar-refractivity contribution in [2.45, 2.75) is 6.54 Å². The maximum absolute atomic E-state index is 6.01. The van der Waals surface area contributed by atoms with Gasteiger partial charge in [-0.25, -0.2) is 4.68 Å². The van der Waals surface area contributed by atoms with Crippen LogP contribution in [-0.4, -0.2) is 22.0 Å². The molecule has 0 aliphatic carbocycles. The van der Waals surface area contributed by atoms with E-state index in [0.29, 0.717) is 11.6 Å². The summed E-state index contributed by atoms with van der Waals surface area (Å²) in [4.78, 5) is 0. The van der Waals surface area contributed by atoms with Gasteiger partial charge in [-0.2, -0.15) is 0 Å². The van der Waals surface area contributed by atoms with E-state index in [-0.39, 0.29) is 0 Å². The summed E-state index contributed by atoms with van der Waals surface area (Å²) in [7, 11) is 1.87. The third-order valence-corrected chi connectivity index (χ3v) is 3.45. The molecule has 84 valence electrons. The maximum Gasteiger partial charge on any atom is 0.0969 e. The number of benzene rings is 1. The smallest absolute Gasteiger partial charge is 0.0969 e. The Morgan fingerprint density at radius 2 is 2.31 bits per heavy atom. The molecule has 1 heterocycles. The molecular weight excluding hydrogens is 291 g/mol. The zero-order valence-electron chi connectivity index (χ0n) is 8.61. The summed E-state index contributed by atoms with van der Waals surface area (Å²) in [5, 5.41) is 11.8. The van der Waals surface area contributed by atoms with E-state index in [9.17, 15) is 0 Å². The first-order chi connectivity index (χ1) is 7.72. The lowest BCUT2D eigenvalue weighted by Gasteiger charge is -2.04. The van der Waals surface area contributed by atoms with E-state index in [0.717, 1.165) is 15.9 Å². The summed E-state index contributed by atoms with van der Waals surface area (Å²) in [6, 6.07) is 5.62. The molecule has 0 amide bonds. The first kappa shape index (κ1) is 11.6. The van der Waals surface area contributed by atoms with Crippen LogP contribution in [-0.2, 0) is 6.54 Å². The van der Waals surface area contributed by atoms with E-state index in [1.807, 2.05) is 31.4 Å². The molecule has 1 aromatic heterocycles. The van der Waals surface area contributed by atoms with Crippen molar-refractivity contribution in [3.05, 3.63) is 39.6 Å². The molecule has 4 nitrogen and oxygen atoms in total. The summed E-state index contributed by atoms with van der Waals surface area (Å²) < 4.78 is 2.51. The minimum atomic E-state index is 0.656. The van der Waals surface area contributed by atoms with Crippen molar-refractivity contribution in [2.24, 2.45) is 0 Å². The molecule has 0 unspecified atom stereocenters. The molecule has 0 atom stereocenters. The predicted molar refractivity (Wildman–Crippen MR) is 66.8 cm³/mol. The van der Waals surface area contributed by atoms with E-state index in [1.165, 1.54) is 0 Å². The standard InChI is InChI=1S/C10H10BrClN4/c1-13-5-7-6-16(15-14-7)9-4-2-3-8(12)10(9)11/h2-4,6,13H,5H2,1H3. The Labute approximate surface area is 107 Å². The molecule has 1 aromatic carbocycles. The predicted octanol–water partition coefficient (Wildman–Crippen LogP) is 2.40. The molecule has 16 heavy (non-hydrogen) atoms. The fourth-order valence-corrected chi connectivity index (χ4v) is 1.96. The Morgan fingerprint density at radius 3 is 3.06 bits per heavy atom. The van der Waals surface area contributed by atoms with Crippen LogP contribution in [0.2, 0.25) is 5.02 Å². The van der Waals surface area contributed by atoms with Gasteiger partial charge < -0.3 is 5.32 Å². The van der Waals surface area contributed by atoms with Crippen molar-refractivity contribution in [3.8, 4) is 5.69 Å². The number of rotatable bonds is 3. The summed E-state index contributed by atoms with van der Waals surface area (Å²) >= 11 is 9.44. The van der Waals surface area contributed by atoms with Gasteiger partial charge in [-0.3, -0.25) is 0 Å². The summed E-state index contributed by atoms with van der Waals surface area (Å²) in [6.07, 6.45) is 1.87. The fraction of sp³-hybridized carbons (Fsp3) is 0.200. The van der Waals surface area contributed by atoms with Crippen LogP contribution in [0.1, 0.15) is 5.69 Å². The fourth-order valence-electron chi connectivity index (χ4n) is 1.35. The number of hydrogen-bond donors (Lipinski definition) is 1. The van der Waals surface area contributed by atoms with Crippen molar-refractivity contribution in [2.75, 3.05) is 7.05 Å². The lowest BCUT2D eigenvalue weighted by molar-refractivity contribution is 0.766. The number of halogens is 2. The molecule has 0 radical (unpaired) electrons. The molecule has 1 N–H and O–H groups in total. The highest BCUT2D eigenvalue weighted by Crippen LogP contribution is 2.28. The molecule has 0 bridgehead atoms. The summed E-state index contributed by atoms with van der Waals surface area (Å²) in [5.41, 5.74) is 1.76. The quantitative estimate of drug-likeness (QED) is 0.946. The largest absolute Gasteiger partial charge is 0.314 e. The van der Waals surface area contributed by atoms with Gasteiger partial charge >= 0.3 is 0 Å². The highest BCUT2D eigenvalue weighted by molar-refractivity contribution is 9.10. The van der Waals surface area contributed by atoms with Gasteiger partial charge in [0.2, 0.25) is 0 Å². The van der Waals surface area contributed by atoms with Crippen molar-refractivity contribution >= 4 is 27.5 Å². The molecule has 2 aromatic rings. The van der Waals surface area contributed by atoms with Gasteiger partial charge in [0, 0.05) is 6.54 Å². The van der Waals surface area contributed by atoms with E-state index in [1.54, 1.807) is 4.68 Å². The number of aromatic nitrogens is 3. The summed E-state index contributed by atoms with van der Waals surface area (Å²) in [5.74, 6) is 0. The molecule has 0 aliphatic heterocycles. The highest BCUT2D eigenvalue weighted by Gasteiger charge is 2.07. The first-order valence-electron chi connectivity index (χ1n) is 4.72. The molecule has 0 saturated carbocycles. The Morgan fingerprint density at radius 1 is 1.50 bits per heavy atom. The van der Waals surface area contributed by atoms with Gasteiger partial charge in [-0.1, -0.05) is 22.9 Å². The average molecular weight is 302 g/mol. The second-order valence-corrected chi connectivity index (χ2v) is 4.46. The van der Waals surface area contributed by atoms with E-state index in [4.69, 9.17) is 11.6 Å². The van der Waals surface area contributed by atoms with Crippen molar-refractivity contribution < 1.29 is 0 Å². The van der Waals surface area contributed by atoms with Gasteiger partial charge in [-0.05, 0) is 35.1 Å². The maximum atomic E-state index is 6.01. The van der Waals surface area contributed by atoms with Crippen LogP contribution in [0, 0.1) is 0 Å². The van der Waals surface area contributed by atoms with Crippen LogP contribution in [0.4, 0.5) is 0 Å². The first-order valence-corrected chi connectivity index (χ1v) is 5.89. The third kappa shape index (κ3) is 2.26. The van der Waals surface area contributed by atoms with E-state index < -0.39 is 0 Å². The topological polar surface area (TPSA) is 42.7 Å². The van der Waals surface area contributed by atoms with Gasteiger partial charge in [0.1, 0.15) is 0 Å². The van der Waals surface area contributed by atoms with Gasteiger partial charge in [0.05, 0.1) is 27.1 Å².